The molecule has 0 aromatic heterocycles. The van der Waals surface area contributed by atoms with Crippen LogP contribution < -0.4 is 4.72 Å². The molecule has 2 aromatic carbocycles. The Hall–Kier alpha value is -3.14. The second-order valence-corrected chi connectivity index (χ2v) is 10.1. The van der Waals surface area contributed by atoms with Gasteiger partial charge in [0.2, 0.25) is 0 Å². The van der Waals surface area contributed by atoms with Crippen molar-refractivity contribution in [3.8, 4) is 0 Å². The van der Waals surface area contributed by atoms with Gasteiger partial charge in [-0.05, 0) is 63.2 Å². The Balaban J connectivity index is 1.67. The summed E-state index contributed by atoms with van der Waals surface area (Å²) in [7, 11) is -3.96. The second kappa shape index (κ2) is 9.15. The highest BCUT2D eigenvalue weighted by molar-refractivity contribution is 7.92. The van der Waals surface area contributed by atoms with E-state index < -0.39 is 27.5 Å². The van der Waals surface area contributed by atoms with Gasteiger partial charge in [-0.1, -0.05) is 6.07 Å². The molecule has 2 amide bonds. The van der Waals surface area contributed by atoms with Gasteiger partial charge in [0.25, 0.3) is 15.9 Å². The molecule has 1 saturated heterocycles. The summed E-state index contributed by atoms with van der Waals surface area (Å²) in [5, 5.41) is 0. The van der Waals surface area contributed by atoms with Crippen molar-refractivity contribution in [1.82, 2.24) is 9.80 Å². The molecule has 172 valence electrons. The number of rotatable bonds is 4. The zero-order valence-electron chi connectivity index (χ0n) is 18.2. The van der Waals surface area contributed by atoms with Crippen molar-refractivity contribution < 1.29 is 27.1 Å². The molecule has 0 bridgehead atoms. The van der Waals surface area contributed by atoms with E-state index in [0.29, 0.717) is 26.2 Å². The van der Waals surface area contributed by atoms with Gasteiger partial charge in [-0.2, -0.15) is 0 Å². The molecular formula is C22H26FN3O5S. The molecule has 0 saturated carbocycles. The zero-order chi connectivity index (χ0) is 23.5. The number of nitrogens with zero attached hydrogens (tertiary/aromatic N) is 2. The number of piperazine rings is 1. The number of benzene rings is 2. The van der Waals surface area contributed by atoms with E-state index >= 15 is 0 Å². The van der Waals surface area contributed by atoms with Crippen molar-refractivity contribution in [3.63, 3.8) is 0 Å². The van der Waals surface area contributed by atoms with Gasteiger partial charge in [0.15, 0.2) is 0 Å². The third kappa shape index (κ3) is 5.97. The predicted octanol–water partition coefficient (Wildman–Crippen LogP) is 3.32. The average molecular weight is 464 g/mol. The van der Waals surface area contributed by atoms with Crippen molar-refractivity contribution in [3.05, 3.63) is 59.9 Å². The van der Waals surface area contributed by atoms with Crippen molar-refractivity contribution in [2.75, 3.05) is 30.9 Å². The number of hydrogen-bond donors (Lipinski definition) is 1. The van der Waals surface area contributed by atoms with Crippen LogP contribution in [0.15, 0.2) is 53.4 Å². The summed E-state index contributed by atoms with van der Waals surface area (Å²) >= 11 is 0. The SMILES string of the molecule is CC(C)(C)OC(=O)N1CCN(C(=O)c2cccc(S(=O)(=O)Nc3ccc(F)cc3)c2)CC1. The fourth-order valence-electron chi connectivity index (χ4n) is 3.13. The van der Waals surface area contributed by atoms with Crippen LogP contribution in [0.4, 0.5) is 14.9 Å². The first-order chi connectivity index (χ1) is 14.9. The Bertz CT molecular complexity index is 1090. The van der Waals surface area contributed by atoms with Gasteiger partial charge in [-0.3, -0.25) is 9.52 Å². The predicted molar refractivity (Wildman–Crippen MR) is 117 cm³/mol. The minimum atomic E-state index is -3.96. The normalized spacial score (nSPS) is 14.8. The number of carbonyl (C=O) groups is 2. The number of nitrogens with one attached hydrogen (secondary N) is 1. The fourth-order valence-corrected chi connectivity index (χ4v) is 4.23. The maximum Gasteiger partial charge on any atom is 0.410 e. The summed E-state index contributed by atoms with van der Waals surface area (Å²) in [6, 6.07) is 10.6. The van der Waals surface area contributed by atoms with E-state index in [0.717, 1.165) is 12.1 Å². The molecule has 0 atom stereocenters. The van der Waals surface area contributed by atoms with Crippen LogP contribution in [0, 0.1) is 5.82 Å². The number of ether oxygens (including phenoxy) is 1. The molecule has 1 aliphatic rings. The Morgan fingerprint density at radius 2 is 1.56 bits per heavy atom. The third-order valence-corrected chi connectivity index (χ3v) is 6.09. The first-order valence-corrected chi connectivity index (χ1v) is 11.6. The standard InChI is InChI=1S/C22H26FN3O5S/c1-22(2,3)31-21(28)26-13-11-25(12-14-26)20(27)16-5-4-6-19(15-16)32(29,30)24-18-9-7-17(23)8-10-18/h4-10,15,24H,11-14H2,1-3H3. The van der Waals surface area contributed by atoms with Crippen LogP contribution in [0.25, 0.3) is 0 Å². The molecule has 1 N–H and O–H groups in total. The maximum atomic E-state index is 13.1. The Morgan fingerprint density at radius 3 is 2.16 bits per heavy atom. The van der Waals surface area contributed by atoms with Gasteiger partial charge in [0.1, 0.15) is 11.4 Å². The van der Waals surface area contributed by atoms with Gasteiger partial charge in [-0.25, -0.2) is 17.6 Å². The van der Waals surface area contributed by atoms with Gasteiger partial charge >= 0.3 is 6.09 Å². The summed E-state index contributed by atoms with van der Waals surface area (Å²) in [4.78, 5) is 28.1. The van der Waals surface area contributed by atoms with Crippen molar-refractivity contribution in [2.45, 2.75) is 31.3 Å². The lowest BCUT2D eigenvalue weighted by atomic mass is 10.2. The van der Waals surface area contributed by atoms with Crippen LogP contribution in [-0.2, 0) is 14.8 Å². The van der Waals surface area contributed by atoms with E-state index in [9.17, 15) is 22.4 Å². The summed E-state index contributed by atoms with van der Waals surface area (Å²) in [5.74, 6) is -0.806. The Morgan fingerprint density at radius 1 is 0.969 bits per heavy atom. The minimum Gasteiger partial charge on any atom is -0.444 e. The van der Waals surface area contributed by atoms with E-state index in [-0.39, 0.29) is 22.1 Å². The van der Waals surface area contributed by atoms with E-state index in [4.69, 9.17) is 4.74 Å². The van der Waals surface area contributed by atoms with Gasteiger partial charge in [0.05, 0.1) is 4.90 Å². The van der Waals surface area contributed by atoms with Crippen LogP contribution in [0.1, 0.15) is 31.1 Å². The second-order valence-electron chi connectivity index (χ2n) is 8.40. The maximum absolute atomic E-state index is 13.1. The molecular weight excluding hydrogens is 437 g/mol. The van der Waals surface area contributed by atoms with Crippen molar-refractivity contribution >= 4 is 27.7 Å². The number of carbonyl (C=O) groups excluding carboxylic acids is 2. The molecule has 0 unspecified atom stereocenters. The Kier molecular flexibility index (Phi) is 6.73. The van der Waals surface area contributed by atoms with Gasteiger partial charge < -0.3 is 14.5 Å². The van der Waals surface area contributed by atoms with Gasteiger partial charge in [-0.15, -0.1) is 0 Å². The van der Waals surface area contributed by atoms with Crippen molar-refractivity contribution in [2.24, 2.45) is 0 Å². The van der Waals surface area contributed by atoms with E-state index in [1.807, 2.05) is 0 Å². The van der Waals surface area contributed by atoms with E-state index in [1.54, 1.807) is 36.6 Å². The van der Waals surface area contributed by atoms with Crippen LogP contribution in [0.2, 0.25) is 0 Å². The summed E-state index contributed by atoms with van der Waals surface area (Å²) < 4.78 is 46.1. The number of amides is 2. The smallest absolute Gasteiger partial charge is 0.410 e. The molecule has 8 nitrogen and oxygen atoms in total. The molecule has 0 aliphatic carbocycles. The molecule has 1 fully saturated rings. The molecule has 2 aromatic rings. The van der Waals surface area contributed by atoms with Crippen LogP contribution in [-0.4, -0.2) is 62.0 Å². The highest BCUT2D eigenvalue weighted by Gasteiger charge is 2.28. The summed E-state index contributed by atoms with van der Waals surface area (Å²) in [5.41, 5.74) is -0.170. The van der Waals surface area contributed by atoms with Crippen LogP contribution >= 0.6 is 0 Å². The van der Waals surface area contributed by atoms with Crippen LogP contribution in [0.3, 0.4) is 0 Å². The number of anilines is 1. The van der Waals surface area contributed by atoms with Crippen LogP contribution in [0.5, 0.6) is 0 Å². The first-order valence-electron chi connectivity index (χ1n) is 10.1. The van der Waals surface area contributed by atoms with Gasteiger partial charge in [0, 0.05) is 37.4 Å². The summed E-state index contributed by atoms with van der Waals surface area (Å²) in [6.45, 7) is 6.63. The lowest BCUT2D eigenvalue weighted by Crippen LogP contribution is -2.51. The van der Waals surface area contributed by atoms with E-state index in [1.165, 1.54) is 30.3 Å². The molecule has 0 spiro atoms. The fraction of sp³-hybridized carbons (Fsp3) is 0.364. The molecule has 10 heteroatoms. The molecule has 0 radical (unpaired) electrons. The first kappa shape index (κ1) is 23.5. The van der Waals surface area contributed by atoms with Crippen molar-refractivity contribution in [1.29, 1.82) is 0 Å². The lowest BCUT2D eigenvalue weighted by Gasteiger charge is -2.35. The zero-order valence-corrected chi connectivity index (χ0v) is 19.0. The number of halogens is 1. The topological polar surface area (TPSA) is 96.0 Å². The monoisotopic (exact) mass is 463 g/mol. The summed E-state index contributed by atoms with van der Waals surface area (Å²) in [6.07, 6.45) is -0.426. The highest BCUT2D eigenvalue weighted by Crippen LogP contribution is 2.19. The molecule has 32 heavy (non-hydrogen) atoms. The number of hydrogen-bond acceptors (Lipinski definition) is 5. The molecule has 1 aliphatic heterocycles. The number of sulfonamides is 1. The average Bonchev–Trinajstić information content (AvgIpc) is 2.74. The molecule has 3 rings (SSSR count). The largest absolute Gasteiger partial charge is 0.444 e. The minimum absolute atomic E-state index is 0.0833. The highest BCUT2D eigenvalue weighted by atomic mass is 32.2. The quantitative estimate of drug-likeness (QED) is 0.751. The lowest BCUT2D eigenvalue weighted by molar-refractivity contribution is 0.0141. The molecule has 1 heterocycles. The Labute approximate surface area is 187 Å². The third-order valence-electron chi connectivity index (χ3n) is 4.71. The van der Waals surface area contributed by atoms with E-state index in [2.05, 4.69) is 4.72 Å².